The lowest BCUT2D eigenvalue weighted by molar-refractivity contribution is -0.142. The van der Waals surface area contributed by atoms with Crippen LogP contribution >= 0.6 is 0 Å². The minimum Gasteiger partial charge on any atom is -0.481 e. The third kappa shape index (κ3) is 2.17. The van der Waals surface area contributed by atoms with Crippen molar-refractivity contribution in [1.29, 1.82) is 0 Å². The van der Waals surface area contributed by atoms with E-state index in [1.807, 2.05) is 39.0 Å². The smallest absolute Gasteiger partial charge is 0.308 e. The lowest BCUT2D eigenvalue weighted by Gasteiger charge is -2.14. The maximum Gasteiger partial charge on any atom is 0.308 e. The summed E-state index contributed by atoms with van der Waals surface area (Å²) in [6, 6.07) is 5.81. The Morgan fingerprint density at radius 1 is 1.27 bits per heavy atom. The van der Waals surface area contributed by atoms with Crippen molar-refractivity contribution >= 4 is 22.8 Å². The first-order valence-corrected chi connectivity index (χ1v) is 7.41. The van der Waals surface area contributed by atoms with Crippen LogP contribution in [0.2, 0.25) is 0 Å². The first-order chi connectivity index (χ1) is 10.4. The number of carbonyl (C=O) groups is 2. The third-order valence-corrected chi connectivity index (χ3v) is 4.57. The van der Waals surface area contributed by atoms with Crippen LogP contribution < -0.4 is 0 Å². The van der Waals surface area contributed by atoms with Gasteiger partial charge in [-0.2, -0.15) is 0 Å². The van der Waals surface area contributed by atoms with Crippen molar-refractivity contribution in [1.82, 2.24) is 4.90 Å². The van der Waals surface area contributed by atoms with Crippen LogP contribution in [-0.2, 0) is 4.79 Å². The number of aryl methyl sites for hydroxylation is 2. The molecule has 5 nitrogen and oxygen atoms in total. The van der Waals surface area contributed by atoms with Gasteiger partial charge in [0, 0.05) is 24.0 Å². The van der Waals surface area contributed by atoms with Gasteiger partial charge in [0.1, 0.15) is 5.58 Å². The standard InChI is InChI=1S/C17H19NO4/c1-9-5-4-6-12-11(3)15(22-14(9)12)16(19)18-7-10(2)13(8-18)17(20)21/h4-6,10,13H,7-8H2,1-3H3,(H,20,21)/t10-,13-/m1/s1. The van der Waals surface area contributed by atoms with E-state index in [0.717, 1.165) is 22.1 Å². The molecule has 0 aliphatic carbocycles. The van der Waals surface area contributed by atoms with Crippen molar-refractivity contribution in [2.75, 3.05) is 13.1 Å². The van der Waals surface area contributed by atoms with Crippen molar-refractivity contribution in [2.24, 2.45) is 11.8 Å². The van der Waals surface area contributed by atoms with Crippen LogP contribution in [0.4, 0.5) is 0 Å². The zero-order valence-electron chi connectivity index (χ0n) is 12.9. The Hall–Kier alpha value is -2.30. The molecule has 2 heterocycles. The predicted molar refractivity (Wildman–Crippen MR) is 81.9 cm³/mol. The van der Waals surface area contributed by atoms with Crippen molar-refractivity contribution in [3.05, 3.63) is 35.1 Å². The van der Waals surface area contributed by atoms with E-state index in [2.05, 4.69) is 0 Å². The molecule has 1 amide bonds. The lowest BCUT2D eigenvalue weighted by Crippen LogP contribution is -2.30. The average molecular weight is 301 g/mol. The molecule has 22 heavy (non-hydrogen) atoms. The van der Waals surface area contributed by atoms with Crippen molar-refractivity contribution in [3.63, 3.8) is 0 Å². The second-order valence-corrected chi connectivity index (χ2v) is 6.14. The monoisotopic (exact) mass is 301 g/mol. The summed E-state index contributed by atoms with van der Waals surface area (Å²) >= 11 is 0. The number of aliphatic carboxylic acids is 1. The second kappa shape index (κ2) is 5.16. The van der Waals surface area contributed by atoms with E-state index in [4.69, 9.17) is 4.42 Å². The van der Waals surface area contributed by atoms with E-state index in [-0.39, 0.29) is 18.4 Å². The highest BCUT2D eigenvalue weighted by Crippen LogP contribution is 2.31. The number of carboxylic acids is 1. The quantitative estimate of drug-likeness (QED) is 0.926. The van der Waals surface area contributed by atoms with Crippen LogP contribution in [-0.4, -0.2) is 35.0 Å². The molecule has 1 aromatic carbocycles. The summed E-state index contributed by atoms with van der Waals surface area (Å²) in [7, 11) is 0. The number of nitrogens with zero attached hydrogens (tertiary/aromatic N) is 1. The van der Waals surface area contributed by atoms with Gasteiger partial charge in [-0.1, -0.05) is 25.1 Å². The molecule has 1 N–H and O–H groups in total. The van der Waals surface area contributed by atoms with Gasteiger partial charge in [0.15, 0.2) is 5.76 Å². The molecule has 2 aromatic rings. The Balaban J connectivity index is 1.95. The SMILES string of the molecule is Cc1c(C(=O)N2C[C@@H](C)[C@H](C(=O)O)C2)oc2c(C)cccc12. The maximum absolute atomic E-state index is 12.7. The number of amides is 1. The van der Waals surface area contributed by atoms with E-state index in [0.29, 0.717) is 12.3 Å². The number of hydrogen-bond donors (Lipinski definition) is 1. The fourth-order valence-corrected chi connectivity index (χ4v) is 3.19. The summed E-state index contributed by atoms with van der Waals surface area (Å²) in [5.74, 6) is -1.30. The molecule has 1 aliphatic rings. The number of carbonyl (C=O) groups excluding carboxylic acids is 1. The van der Waals surface area contributed by atoms with Crippen LogP contribution in [0.15, 0.2) is 22.6 Å². The fraction of sp³-hybridized carbons (Fsp3) is 0.412. The molecule has 1 saturated heterocycles. The molecular formula is C17H19NO4. The molecular weight excluding hydrogens is 282 g/mol. The molecule has 5 heteroatoms. The molecule has 3 rings (SSSR count). The summed E-state index contributed by atoms with van der Waals surface area (Å²) in [4.78, 5) is 25.5. The highest BCUT2D eigenvalue weighted by Gasteiger charge is 2.38. The normalized spacial score (nSPS) is 21.5. The summed E-state index contributed by atoms with van der Waals surface area (Å²) in [5.41, 5.74) is 2.53. The minimum atomic E-state index is -0.847. The number of benzene rings is 1. The molecule has 1 aliphatic heterocycles. The molecule has 0 unspecified atom stereocenters. The number of para-hydroxylation sites is 1. The van der Waals surface area contributed by atoms with E-state index in [9.17, 15) is 14.7 Å². The highest BCUT2D eigenvalue weighted by molar-refractivity contribution is 5.99. The van der Waals surface area contributed by atoms with Gasteiger partial charge in [-0.25, -0.2) is 0 Å². The zero-order valence-corrected chi connectivity index (χ0v) is 12.9. The Morgan fingerprint density at radius 3 is 2.59 bits per heavy atom. The molecule has 0 spiro atoms. The number of fused-ring (bicyclic) bond motifs is 1. The van der Waals surface area contributed by atoms with Gasteiger partial charge in [0.05, 0.1) is 5.92 Å². The van der Waals surface area contributed by atoms with Gasteiger partial charge in [-0.3, -0.25) is 9.59 Å². The number of likely N-dealkylation sites (tertiary alicyclic amines) is 1. The maximum atomic E-state index is 12.7. The van der Waals surface area contributed by atoms with Crippen LogP contribution in [0, 0.1) is 25.7 Å². The minimum absolute atomic E-state index is 0.0483. The average Bonchev–Trinajstić information content (AvgIpc) is 3.01. The topological polar surface area (TPSA) is 70.8 Å². The number of furan rings is 1. The van der Waals surface area contributed by atoms with Gasteiger partial charge in [-0.05, 0) is 25.3 Å². The Labute approximate surface area is 128 Å². The van der Waals surface area contributed by atoms with E-state index < -0.39 is 11.9 Å². The summed E-state index contributed by atoms with van der Waals surface area (Å²) < 4.78 is 5.80. The second-order valence-electron chi connectivity index (χ2n) is 6.14. The van der Waals surface area contributed by atoms with Crippen LogP contribution in [0.3, 0.4) is 0 Å². The Morgan fingerprint density at radius 2 is 2.00 bits per heavy atom. The van der Waals surface area contributed by atoms with Gasteiger partial charge >= 0.3 is 5.97 Å². The summed E-state index contributed by atoms with van der Waals surface area (Å²) in [6.07, 6.45) is 0. The van der Waals surface area contributed by atoms with Crippen LogP contribution in [0.1, 0.15) is 28.6 Å². The number of carboxylic acid groups (broad SMARTS) is 1. The highest BCUT2D eigenvalue weighted by atomic mass is 16.4. The van der Waals surface area contributed by atoms with E-state index in [1.54, 1.807) is 4.90 Å². The zero-order chi connectivity index (χ0) is 16.0. The molecule has 1 aromatic heterocycles. The molecule has 1 fully saturated rings. The molecule has 116 valence electrons. The van der Waals surface area contributed by atoms with E-state index >= 15 is 0 Å². The van der Waals surface area contributed by atoms with Crippen LogP contribution in [0.25, 0.3) is 11.0 Å². The van der Waals surface area contributed by atoms with Gasteiger partial charge in [-0.15, -0.1) is 0 Å². The molecule has 0 radical (unpaired) electrons. The molecule has 0 saturated carbocycles. The molecule has 0 bridgehead atoms. The summed E-state index contributed by atoms with van der Waals surface area (Å²) in [5, 5.41) is 10.1. The first-order valence-electron chi connectivity index (χ1n) is 7.41. The third-order valence-electron chi connectivity index (χ3n) is 4.57. The van der Waals surface area contributed by atoms with Gasteiger partial charge < -0.3 is 14.4 Å². The van der Waals surface area contributed by atoms with Crippen molar-refractivity contribution < 1.29 is 19.1 Å². The number of hydrogen-bond acceptors (Lipinski definition) is 3. The van der Waals surface area contributed by atoms with Gasteiger partial charge in [0.25, 0.3) is 5.91 Å². The summed E-state index contributed by atoms with van der Waals surface area (Å²) in [6.45, 7) is 6.36. The first kappa shape index (κ1) is 14.6. The number of rotatable bonds is 2. The fourth-order valence-electron chi connectivity index (χ4n) is 3.19. The van der Waals surface area contributed by atoms with Crippen molar-refractivity contribution in [3.8, 4) is 0 Å². The Kier molecular flexibility index (Phi) is 3.43. The lowest BCUT2D eigenvalue weighted by atomic mass is 9.99. The Bertz CT molecular complexity index is 761. The molecule has 2 atom stereocenters. The predicted octanol–water partition coefficient (Wildman–Crippen LogP) is 2.84. The largest absolute Gasteiger partial charge is 0.481 e. The van der Waals surface area contributed by atoms with Crippen LogP contribution in [0.5, 0.6) is 0 Å². The van der Waals surface area contributed by atoms with E-state index in [1.165, 1.54) is 0 Å². The van der Waals surface area contributed by atoms with Crippen molar-refractivity contribution in [2.45, 2.75) is 20.8 Å². The van der Waals surface area contributed by atoms with Gasteiger partial charge in [0.2, 0.25) is 0 Å².